The van der Waals surface area contributed by atoms with Gasteiger partial charge in [-0.25, -0.2) is 0 Å². The van der Waals surface area contributed by atoms with Crippen LogP contribution in [0.3, 0.4) is 0 Å². The topological polar surface area (TPSA) is 6.48 Å². The van der Waals surface area contributed by atoms with E-state index in [9.17, 15) is 0 Å². The molecule has 0 radical (unpaired) electrons. The third-order valence-corrected chi connectivity index (χ3v) is 1.06. The summed E-state index contributed by atoms with van der Waals surface area (Å²) in [5.74, 6) is 0. The van der Waals surface area contributed by atoms with Crippen LogP contribution in [0, 0.1) is 0 Å². The number of rotatable bonds is 3. The molecular weight excluding hydrogens is 208 g/mol. The maximum absolute atomic E-state index is 2.25. The second-order valence-electron chi connectivity index (χ2n) is 3.81. The number of nitrogens with zero attached hydrogens (tertiary/aromatic N) is 2. The average molecular weight is 253 g/mol. The largest absolute Gasteiger partial charge is 0.297 e. The Bertz CT molecular complexity index is 71.3. The molecule has 0 saturated carbocycles. The van der Waals surface area contributed by atoms with Crippen molar-refractivity contribution in [1.82, 2.24) is 9.80 Å². The Morgan fingerprint density at radius 2 is 0.882 bits per heavy atom. The second-order valence-corrected chi connectivity index (χ2v) is 3.81. The Kier molecular flexibility index (Phi) is 76.2. The molecule has 0 aliphatic rings. The molecule has 0 aromatic heterocycles. The van der Waals surface area contributed by atoms with Gasteiger partial charge in [-0.1, -0.05) is 69.7 Å². The van der Waals surface area contributed by atoms with Gasteiger partial charge in [0.2, 0.25) is 0 Å². The van der Waals surface area contributed by atoms with E-state index in [1.165, 1.54) is 12.8 Å². The number of hydrogen-bond donors (Lipinski definition) is 0. The van der Waals surface area contributed by atoms with Crippen molar-refractivity contribution < 1.29 is 0 Å². The normalized spacial score (nSPS) is 7.41. The minimum absolute atomic E-state index is 0. The van der Waals surface area contributed by atoms with E-state index in [1.807, 2.05) is 0 Å². The fraction of sp³-hybridized carbons (Fsp3) is 1.00. The SMILES string of the molecule is C.C.C.CCC.CCC.CCN(C)CN(C)C. The quantitative estimate of drug-likeness (QED) is 0.637. The zero-order chi connectivity index (χ0) is 12.0. The van der Waals surface area contributed by atoms with E-state index in [4.69, 9.17) is 0 Å². The molecule has 0 saturated heterocycles. The molecule has 17 heavy (non-hydrogen) atoms. The second kappa shape index (κ2) is 36.0. The van der Waals surface area contributed by atoms with Crippen molar-refractivity contribution >= 4 is 0 Å². The third-order valence-electron chi connectivity index (χ3n) is 1.06. The van der Waals surface area contributed by atoms with Crippen LogP contribution in [0.5, 0.6) is 0 Å². The molecule has 0 aliphatic heterocycles. The first-order chi connectivity index (χ1) is 6.49. The molecule has 0 spiro atoms. The molecule has 0 N–H and O–H groups in total. The van der Waals surface area contributed by atoms with Gasteiger partial charge in [0.25, 0.3) is 0 Å². The van der Waals surface area contributed by atoms with E-state index in [1.54, 1.807) is 0 Å². The predicted molar refractivity (Wildman–Crippen MR) is 89.0 cm³/mol. The Hall–Kier alpha value is -0.0800. The molecule has 0 aliphatic carbocycles. The lowest BCUT2D eigenvalue weighted by Crippen LogP contribution is -2.29. The fourth-order valence-electron chi connectivity index (χ4n) is 0.583. The summed E-state index contributed by atoms with van der Waals surface area (Å²) in [6, 6.07) is 0. The molecule has 0 heterocycles. The van der Waals surface area contributed by atoms with E-state index in [-0.39, 0.29) is 22.3 Å². The summed E-state index contributed by atoms with van der Waals surface area (Å²) in [5, 5.41) is 0. The van der Waals surface area contributed by atoms with Crippen LogP contribution in [0.1, 0.15) is 69.7 Å². The lowest BCUT2D eigenvalue weighted by atomic mass is 10.6. The minimum atomic E-state index is 0. The maximum Gasteiger partial charge on any atom is 0.0497 e. The smallest absolute Gasteiger partial charge is 0.0497 e. The van der Waals surface area contributed by atoms with Crippen LogP contribution in [-0.2, 0) is 0 Å². The summed E-state index contributed by atoms with van der Waals surface area (Å²) in [6.07, 6.45) is 2.50. The first-order valence-corrected chi connectivity index (χ1v) is 5.83. The average Bonchev–Trinajstić information content (AvgIpc) is 2.06. The molecule has 0 unspecified atom stereocenters. The Balaban J connectivity index is -0.0000000292. The van der Waals surface area contributed by atoms with Crippen molar-refractivity contribution in [3.05, 3.63) is 0 Å². The van der Waals surface area contributed by atoms with Gasteiger partial charge < -0.3 is 0 Å². The maximum atomic E-state index is 2.25. The van der Waals surface area contributed by atoms with Gasteiger partial charge in [-0.05, 0) is 27.7 Å². The van der Waals surface area contributed by atoms with E-state index < -0.39 is 0 Å². The van der Waals surface area contributed by atoms with E-state index in [0.29, 0.717) is 0 Å². The molecule has 0 aromatic carbocycles. The summed E-state index contributed by atoms with van der Waals surface area (Å²) in [5.41, 5.74) is 0. The van der Waals surface area contributed by atoms with Gasteiger partial charge in [-0.15, -0.1) is 0 Å². The number of hydrogen-bond acceptors (Lipinski definition) is 2. The van der Waals surface area contributed by atoms with E-state index in [0.717, 1.165) is 13.2 Å². The Labute approximate surface area is 114 Å². The molecule has 2 nitrogen and oxygen atoms in total. The summed E-state index contributed by atoms with van der Waals surface area (Å²) < 4.78 is 0. The van der Waals surface area contributed by atoms with Crippen LogP contribution in [0.4, 0.5) is 0 Å². The monoisotopic (exact) mass is 252 g/mol. The summed E-state index contributed by atoms with van der Waals surface area (Å²) >= 11 is 0. The highest BCUT2D eigenvalue weighted by Crippen LogP contribution is 1.80. The molecule has 0 bridgehead atoms. The fourth-order valence-corrected chi connectivity index (χ4v) is 0.583. The summed E-state index contributed by atoms with van der Waals surface area (Å²) in [6.45, 7) is 12.8. The van der Waals surface area contributed by atoms with Gasteiger partial charge in [-0.3, -0.25) is 9.80 Å². The molecule has 0 aromatic rings. The van der Waals surface area contributed by atoms with Crippen molar-refractivity contribution in [2.45, 2.75) is 69.7 Å². The van der Waals surface area contributed by atoms with Gasteiger partial charge in [0.15, 0.2) is 0 Å². The summed E-state index contributed by atoms with van der Waals surface area (Å²) in [7, 11) is 6.26. The van der Waals surface area contributed by atoms with Crippen LogP contribution < -0.4 is 0 Å². The van der Waals surface area contributed by atoms with Crippen LogP contribution in [0.2, 0.25) is 0 Å². The zero-order valence-corrected chi connectivity index (χ0v) is 11.7. The first kappa shape index (κ1) is 36.0. The molecule has 0 rings (SSSR count). The van der Waals surface area contributed by atoms with Gasteiger partial charge in [-0.2, -0.15) is 0 Å². The van der Waals surface area contributed by atoms with Crippen LogP contribution >= 0.6 is 0 Å². The standard InChI is InChI=1S/C6H16N2.2C3H8.3CH4/c1-5-8(4)6-7(2)3;2*1-3-2;;;/h5-6H2,1-4H3;2*3H2,1-2H3;3*1H4. The van der Waals surface area contributed by atoms with Crippen molar-refractivity contribution in [3.8, 4) is 0 Å². The van der Waals surface area contributed by atoms with E-state index in [2.05, 4.69) is 65.6 Å². The Morgan fingerprint density at radius 3 is 0.941 bits per heavy atom. The van der Waals surface area contributed by atoms with Crippen molar-refractivity contribution in [2.24, 2.45) is 0 Å². The highest BCUT2D eigenvalue weighted by molar-refractivity contribution is 4.41. The lowest BCUT2D eigenvalue weighted by Gasteiger charge is -2.18. The van der Waals surface area contributed by atoms with Crippen LogP contribution in [0.25, 0.3) is 0 Å². The molecular formula is C15H44N2. The Morgan fingerprint density at radius 1 is 0.647 bits per heavy atom. The highest BCUT2D eigenvalue weighted by atomic mass is 15.3. The van der Waals surface area contributed by atoms with Gasteiger partial charge >= 0.3 is 0 Å². The first-order valence-electron chi connectivity index (χ1n) is 5.83. The summed E-state index contributed by atoms with van der Waals surface area (Å²) in [4.78, 5) is 4.41. The molecule has 0 atom stereocenters. The lowest BCUT2D eigenvalue weighted by molar-refractivity contribution is 0.219. The van der Waals surface area contributed by atoms with Crippen LogP contribution in [-0.4, -0.2) is 44.2 Å². The van der Waals surface area contributed by atoms with Crippen molar-refractivity contribution in [3.63, 3.8) is 0 Å². The van der Waals surface area contributed by atoms with Crippen molar-refractivity contribution in [1.29, 1.82) is 0 Å². The zero-order valence-electron chi connectivity index (χ0n) is 11.7. The van der Waals surface area contributed by atoms with Gasteiger partial charge in [0.05, 0.1) is 0 Å². The van der Waals surface area contributed by atoms with Gasteiger partial charge in [0, 0.05) is 6.67 Å². The van der Waals surface area contributed by atoms with Crippen LogP contribution in [0.15, 0.2) is 0 Å². The highest BCUT2D eigenvalue weighted by Gasteiger charge is 1.92. The molecule has 2 heteroatoms. The van der Waals surface area contributed by atoms with Crippen molar-refractivity contribution in [2.75, 3.05) is 34.4 Å². The molecule has 0 amide bonds. The molecule has 114 valence electrons. The minimum Gasteiger partial charge on any atom is -0.297 e. The van der Waals surface area contributed by atoms with E-state index >= 15 is 0 Å². The molecule has 0 fully saturated rings. The third kappa shape index (κ3) is 88.0. The van der Waals surface area contributed by atoms with Gasteiger partial charge in [0.1, 0.15) is 0 Å². The predicted octanol–water partition coefficient (Wildman–Crippen LogP) is 5.20.